The van der Waals surface area contributed by atoms with E-state index in [0.29, 0.717) is 0 Å². The van der Waals surface area contributed by atoms with Gasteiger partial charge >= 0.3 is 0 Å². The van der Waals surface area contributed by atoms with Crippen LogP contribution in [0, 0.1) is 0 Å². The van der Waals surface area contributed by atoms with E-state index < -0.39 is 0 Å². The monoisotopic (exact) mass is 410 g/mol. The molecule has 0 aliphatic rings. The maximum atomic E-state index is 5.72. The molecule has 0 bridgehead atoms. The number of hydrogen-bond acceptors (Lipinski definition) is 1. The topological polar surface area (TPSA) is 9.23 Å². The van der Waals surface area contributed by atoms with E-state index in [0.717, 1.165) is 13.2 Å². The van der Waals surface area contributed by atoms with Crippen molar-refractivity contribution in [2.75, 3.05) is 13.2 Å². The molecular formula is C28H58O. The van der Waals surface area contributed by atoms with Crippen molar-refractivity contribution in [3.63, 3.8) is 0 Å². The lowest BCUT2D eigenvalue weighted by molar-refractivity contribution is 0.125. The van der Waals surface area contributed by atoms with Gasteiger partial charge in [-0.15, -0.1) is 0 Å². The third-order valence-corrected chi connectivity index (χ3v) is 6.28. The Hall–Kier alpha value is -0.0400. The second-order valence-electron chi connectivity index (χ2n) is 9.39. The first-order chi connectivity index (χ1) is 14.4. The number of rotatable bonds is 26. The Bertz CT molecular complexity index is 237. The van der Waals surface area contributed by atoms with Crippen molar-refractivity contribution in [1.29, 1.82) is 0 Å². The standard InChI is InChI=1S/C28H58O/c1-3-5-7-9-10-11-12-13-14-15-16-17-18-19-20-21-22-23-24-26-28-29-27-25-8-6-4-2/h3-28H2,1-2H3. The first-order valence-corrected chi connectivity index (χ1v) is 14.0. The van der Waals surface area contributed by atoms with Crippen LogP contribution in [0.4, 0.5) is 0 Å². The third kappa shape index (κ3) is 28.0. The quantitative estimate of drug-likeness (QED) is 0.129. The molecule has 0 fully saturated rings. The summed E-state index contributed by atoms with van der Waals surface area (Å²) >= 11 is 0. The summed E-state index contributed by atoms with van der Waals surface area (Å²) in [6.45, 7) is 6.54. The highest BCUT2D eigenvalue weighted by Crippen LogP contribution is 2.14. The van der Waals surface area contributed by atoms with Gasteiger partial charge in [0.1, 0.15) is 0 Å². The molecule has 0 aromatic carbocycles. The fourth-order valence-electron chi connectivity index (χ4n) is 4.19. The van der Waals surface area contributed by atoms with Crippen LogP contribution < -0.4 is 0 Å². The van der Waals surface area contributed by atoms with Crippen LogP contribution in [0.1, 0.15) is 168 Å². The summed E-state index contributed by atoms with van der Waals surface area (Å²) in [5.41, 5.74) is 0. The van der Waals surface area contributed by atoms with Crippen LogP contribution in [0.15, 0.2) is 0 Å². The van der Waals surface area contributed by atoms with Gasteiger partial charge in [0.15, 0.2) is 0 Å². The zero-order valence-corrected chi connectivity index (χ0v) is 20.8. The van der Waals surface area contributed by atoms with Crippen LogP contribution >= 0.6 is 0 Å². The van der Waals surface area contributed by atoms with E-state index in [1.165, 1.54) is 154 Å². The van der Waals surface area contributed by atoms with Gasteiger partial charge in [-0.1, -0.05) is 155 Å². The molecule has 29 heavy (non-hydrogen) atoms. The summed E-state index contributed by atoms with van der Waals surface area (Å²) in [7, 11) is 0. The van der Waals surface area contributed by atoms with Gasteiger partial charge in [0.2, 0.25) is 0 Å². The van der Waals surface area contributed by atoms with Crippen molar-refractivity contribution in [3.05, 3.63) is 0 Å². The molecule has 176 valence electrons. The van der Waals surface area contributed by atoms with Crippen molar-refractivity contribution in [3.8, 4) is 0 Å². The molecule has 0 aliphatic carbocycles. The van der Waals surface area contributed by atoms with Crippen LogP contribution in [-0.4, -0.2) is 13.2 Å². The summed E-state index contributed by atoms with van der Waals surface area (Å²) in [4.78, 5) is 0. The van der Waals surface area contributed by atoms with Crippen LogP contribution in [-0.2, 0) is 4.74 Å². The lowest BCUT2D eigenvalue weighted by Gasteiger charge is -2.05. The minimum Gasteiger partial charge on any atom is -0.381 e. The van der Waals surface area contributed by atoms with Crippen LogP contribution in [0.5, 0.6) is 0 Å². The van der Waals surface area contributed by atoms with E-state index in [9.17, 15) is 0 Å². The van der Waals surface area contributed by atoms with Gasteiger partial charge in [-0.2, -0.15) is 0 Å². The van der Waals surface area contributed by atoms with Crippen molar-refractivity contribution in [2.45, 2.75) is 168 Å². The lowest BCUT2D eigenvalue weighted by Crippen LogP contribution is -1.97. The molecule has 0 saturated heterocycles. The van der Waals surface area contributed by atoms with E-state index >= 15 is 0 Å². The van der Waals surface area contributed by atoms with Crippen LogP contribution in [0.2, 0.25) is 0 Å². The van der Waals surface area contributed by atoms with E-state index in [1.807, 2.05) is 0 Å². The molecule has 0 N–H and O–H groups in total. The summed E-state index contributed by atoms with van der Waals surface area (Å²) in [6, 6.07) is 0. The summed E-state index contributed by atoms with van der Waals surface area (Å²) < 4.78 is 5.72. The average Bonchev–Trinajstić information content (AvgIpc) is 2.74. The minimum atomic E-state index is 0.985. The van der Waals surface area contributed by atoms with Gasteiger partial charge in [0, 0.05) is 13.2 Å². The first kappa shape index (κ1) is 29.0. The zero-order chi connectivity index (χ0) is 21.1. The van der Waals surface area contributed by atoms with E-state index in [4.69, 9.17) is 4.74 Å². The summed E-state index contributed by atoms with van der Waals surface area (Å²) in [5, 5.41) is 0. The van der Waals surface area contributed by atoms with E-state index in [-0.39, 0.29) is 0 Å². The molecule has 0 aromatic rings. The maximum absolute atomic E-state index is 5.72. The third-order valence-electron chi connectivity index (χ3n) is 6.28. The molecule has 0 aromatic heterocycles. The van der Waals surface area contributed by atoms with Crippen LogP contribution in [0.3, 0.4) is 0 Å². The van der Waals surface area contributed by atoms with E-state index in [2.05, 4.69) is 13.8 Å². The molecule has 0 radical (unpaired) electrons. The Kier molecular flexibility index (Phi) is 27.9. The predicted octanol–water partition coefficient (Wildman–Crippen LogP) is 10.4. The van der Waals surface area contributed by atoms with Crippen molar-refractivity contribution in [2.24, 2.45) is 0 Å². The second-order valence-corrected chi connectivity index (χ2v) is 9.39. The van der Waals surface area contributed by atoms with Gasteiger partial charge in [0.05, 0.1) is 0 Å². The molecule has 0 aliphatic heterocycles. The van der Waals surface area contributed by atoms with Gasteiger partial charge in [-0.25, -0.2) is 0 Å². The maximum Gasteiger partial charge on any atom is 0.0466 e. The number of hydrogen-bond donors (Lipinski definition) is 0. The molecule has 0 rings (SSSR count). The fourth-order valence-corrected chi connectivity index (χ4v) is 4.19. The van der Waals surface area contributed by atoms with E-state index in [1.54, 1.807) is 0 Å². The zero-order valence-electron chi connectivity index (χ0n) is 20.8. The van der Waals surface area contributed by atoms with Gasteiger partial charge in [0.25, 0.3) is 0 Å². The summed E-state index contributed by atoms with van der Waals surface area (Å²) in [6.07, 6.45) is 34.2. The van der Waals surface area contributed by atoms with Crippen molar-refractivity contribution >= 4 is 0 Å². The molecule has 0 unspecified atom stereocenters. The second kappa shape index (κ2) is 28.0. The normalized spacial score (nSPS) is 11.4. The number of ether oxygens (including phenoxy) is 1. The van der Waals surface area contributed by atoms with Gasteiger partial charge in [-0.05, 0) is 12.8 Å². The largest absolute Gasteiger partial charge is 0.381 e. The molecule has 0 heterocycles. The molecule has 0 atom stereocenters. The Balaban J connectivity index is 2.97. The minimum absolute atomic E-state index is 0.985. The SMILES string of the molecule is CCCCCCCCCCCCCCCCCCCCCCOCCCCCC. The Morgan fingerprint density at radius 2 is 0.483 bits per heavy atom. The highest BCUT2D eigenvalue weighted by atomic mass is 16.5. The number of unbranched alkanes of at least 4 members (excludes halogenated alkanes) is 22. The average molecular weight is 411 g/mol. The summed E-state index contributed by atoms with van der Waals surface area (Å²) in [5.74, 6) is 0. The highest BCUT2D eigenvalue weighted by molar-refractivity contribution is 4.51. The smallest absolute Gasteiger partial charge is 0.0466 e. The molecule has 0 amide bonds. The van der Waals surface area contributed by atoms with Crippen molar-refractivity contribution in [1.82, 2.24) is 0 Å². The van der Waals surface area contributed by atoms with Crippen molar-refractivity contribution < 1.29 is 4.74 Å². The predicted molar refractivity (Wildman–Crippen MR) is 133 cm³/mol. The molecule has 0 saturated carbocycles. The first-order valence-electron chi connectivity index (χ1n) is 14.0. The van der Waals surface area contributed by atoms with Gasteiger partial charge in [-0.3, -0.25) is 0 Å². The molecule has 0 spiro atoms. The Labute approximate surface area is 186 Å². The van der Waals surface area contributed by atoms with Gasteiger partial charge < -0.3 is 4.74 Å². The fraction of sp³-hybridized carbons (Fsp3) is 1.00. The molecular weight excluding hydrogens is 352 g/mol. The molecule has 1 heteroatoms. The lowest BCUT2D eigenvalue weighted by atomic mass is 10.0. The Morgan fingerprint density at radius 3 is 0.759 bits per heavy atom. The Morgan fingerprint density at radius 1 is 0.276 bits per heavy atom. The van der Waals surface area contributed by atoms with Crippen LogP contribution in [0.25, 0.3) is 0 Å². The molecule has 1 nitrogen and oxygen atoms in total. The highest BCUT2D eigenvalue weighted by Gasteiger charge is 1.96.